The van der Waals surface area contributed by atoms with E-state index in [-0.39, 0.29) is 56.4 Å². The minimum Gasteiger partial charge on any atom is -0.508 e. The monoisotopic (exact) mass is 946 g/mol. The minimum absolute atomic E-state index is 0.0192. The van der Waals surface area contributed by atoms with Gasteiger partial charge in [0.15, 0.2) is 0 Å². The van der Waals surface area contributed by atoms with Gasteiger partial charge in [0, 0.05) is 81.9 Å². The Morgan fingerprint density at radius 3 is 2.57 bits per heavy atom. The molecule has 5 atom stereocenters. The molecule has 2 fully saturated rings. The number of methoxy groups -OCH3 is 2. The number of pyridine rings is 1. The summed E-state index contributed by atoms with van der Waals surface area (Å²) in [6.45, 7) is 13.5. The Kier molecular flexibility index (Phi) is 15.8. The predicted octanol–water partition coefficient (Wildman–Crippen LogP) is 5.43. The van der Waals surface area contributed by atoms with Crippen LogP contribution in [0.4, 0.5) is 0 Å². The van der Waals surface area contributed by atoms with E-state index in [9.17, 15) is 29.1 Å². The van der Waals surface area contributed by atoms with Crippen molar-refractivity contribution in [2.75, 3.05) is 54.1 Å². The summed E-state index contributed by atoms with van der Waals surface area (Å²) < 4.78 is 19.1. The van der Waals surface area contributed by atoms with Crippen LogP contribution < -0.4 is 10.7 Å². The van der Waals surface area contributed by atoms with Gasteiger partial charge >= 0.3 is 5.97 Å². The van der Waals surface area contributed by atoms with E-state index in [0.717, 1.165) is 39.0 Å². The Hall–Kier alpha value is -6.28. The number of fused-ring (bicyclic) bond motifs is 6. The van der Waals surface area contributed by atoms with Gasteiger partial charge in [-0.05, 0) is 110 Å². The van der Waals surface area contributed by atoms with Crippen molar-refractivity contribution in [1.29, 1.82) is 0 Å². The number of nitrogens with one attached hydrogen (secondary N) is 2. The van der Waals surface area contributed by atoms with Gasteiger partial charge in [0.25, 0.3) is 11.8 Å². The topological polar surface area (TPSA) is 185 Å². The zero-order valence-corrected chi connectivity index (χ0v) is 41.4. The first-order valence-electron chi connectivity index (χ1n) is 24.0. The maximum Gasteiger partial charge on any atom is 0.324 e. The SMILES string of the molecule is CCn1c(-c2cccnc2[C@H](C)OC)c2c3cc(ccc31)-c1cc(O)cc(c1)C[C@H](NC(=O)[C@H](C(C)C)N(C)C(=O)[C@H]1CCN(C(=O)C#CCOC)C1)C(=O)N1CCC[C@H](N1)C(=O)OCC(C)(C)C2. The van der Waals surface area contributed by atoms with E-state index in [2.05, 4.69) is 66.1 Å². The summed E-state index contributed by atoms with van der Waals surface area (Å²) in [5.41, 5.74) is 9.48. The Morgan fingerprint density at radius 2 is 1.84 bits per heavy atom. The van der Waals surface area contributed by atoms with Crippen LogP contribution >= 0.6 is 0 Å². The molecule has 7 rings (SSSR count). The number of cyclic esters (lactones) is 1. The van der Waals surface area contributed by atoms with Crippen LogP contribution in [-0.2, 0) is 57.6 Å². The smallest absolute Gasteiger partial charge is 0.324 e. The van der Waals surface area contributed by atoms with Gasteiger partial charge in [-0.3, -0.25) is 34.0 Å². The number of esters is 1. The maximum atomic E-state index is 14.8. The van der Waals surface area contributed by atoms with Crippen LogP contribution in [0, 0.1) is 29.1 Å². The highest BCUT2D eigenvalue weighted by atomic mass is 16.5. The molecule has 3 aliphatic heterocycles. The molecule has 16 heteroatoms. The molecule has 6 bridgehead atoms. The van der Waals surface area contributed by atoms with Crippen molar-refractivity contribution in [3.05, 3.63) is 71.5 Å². The highest BCUT2D eigenvalue weighted by Gasteiger charge is 2.40. The van der Waals surface area contributed by atoms with Crippen LogP contribution in [0.25, 0.3) is 33.3 Å². The van der Waals surface area contributed by atoms with Crippen LogP contribution in [0.2, 0.25) is 0 Å². The molecule has 3 N–H and O–H groups in total. The number of ether oxygens (including phenoxy) is 3. The van der Waals surface area contributed by atoms with E-state index in [1.165, 1.54) is 21.9 Å². The lowest BCUT2D eigenvalue weighted by Crippen LogP contribution is -2.62. The lowest BCUT2D eigenvalue weighted by atomic mass is 9.84. The number of likely N-dealkylation sites (N-methyl/N-ethyl adjacent to an activating group) is 1. The fraction of sp³-hybridized carbons (Fsp3) is 0.509. The Morgan fingerprint density at radius 1 is 1.06 bits per heavy atom. The average Bonchev–Trinajstić information content (AvgIpc) is 3.95. The molecule has 368 valence electrons. The normalized spacial score (nSPS) is 20.4. The third-order valence-corrected chi connectivity index (χ3v) is 13.6. The molecule has 0 radical (unpaired) electrons. The van der Waals surface area contributed by atoms with E-state index in [1.54, 1.807) is 32.5 Å². The maximum absolute atomic E-state index is 14.8. The van der Waals surface area contributed by atoms with Gasteiger partial charge in [-0.1, -0.05) is 45.7 Å². The van der Waals surface area contributed by atoms with E-state index < -0.39 is 53.1 Å². The molecule has 16 nitrogen and oxygen atoms in total. The second-order valence-electron chi connectivity index (χ2n) is 19.6. The first-order chi connectivity index (χ1) is 32.9. The molecule has 4 amide bonds. The third kappa shape index (κ3) is 11.1. The molecule has 0 spiro atoms. The predicted molar refractivity (Wildman–Crippen MR) is 261 cm³/mol. The average molecular weight is 946 g/mol. The summed E-state index contributed by atoms with van der Waals surface area (Å²) in [7, 11) is 4.73. The zero-order chi connectivity index (χ0) is 49.7. The summed E-state index contributed by atoms with van der Waals surface area (Å²) in [5, 5.41) is 16.7. The number of aryl methyl sites for hydroxylation is 1. The number of hydrogen-bond donors (Lipinski definition) is 3. The van der Waals surface area contributed by atoms with Crippen molar-refractivity contribution in [3.8, 4) is 40.0 Å². The van der Waals surface area contributed by atoms with E-state index in [0.29, 0.717) is 49.9 Å². The van der Waals surface area contributed by atoms with Crippen LogP contribution in [-0.4, -0.2) is 131 Å². The fourth-order valence-electron chi connectivity index (χ4n) is 10.1. The summed E-state index contributed by atoms with van der Waals surface area (Å²) in [6, 6.07) is 12.4. The number of rotatable bonds is 10. The number of carbonyl (C=O) groups is 5. The molecular formula is C53H67N7O9. The van der Waals surface area contributed by atoms with E-state index in [4.69, 9.17) is 19.2 Å². The van der Waals surface area contributed by atoms with Crippen molar-refractivity contribution >= 4 is 40.5 Å². The number of aromatic hydroxyl groups is 1. The Balaban J connectivity index is 1.27. The van der Waals surface area contributed by atoms with Gasteiger partial charge in [0.2, 0.25) is 11.8 Å². The number of phenolic OH excluding ortho intramolecular Hbond substituents is 1. The van der Waals surface area contributed by atoms with Gasteiger partial charge in [-0.15, -0.1) is 0 Å². The van der Waals surface area contributed by atoms with E-state index in [1.807, 2.05) is 39.0 Å². The zero-order valence-electron chi connectivity index (χ0n) is 41.4. The lowest BCUT2D eigenvalue weighted by molar-refractivity contribution is -0.155. The first kappa shape index (κ1) is 50.6. The van der Waals surface area contributed by atoms with Crippen LogP contribution in [0.15, 0.2) is 54.7 Å². The Bertz CT molecular complexity index is 2650. The molecule has 0 aliphatic carbocycles. The highest BCUT2D eigenvalue weighted by Crippen LogP contribution is 2.42. The largest absolute Gasteiger partial charge is 0.508 e. The molecule has 4 aromatic rings. The van der Waals surface area contributed by atoms with E-state index >= 15 is 0 Å². The Labute approximate surface area is 405 Å². The van der Waals surface area contributed by atoms with Gasteiger partial charge < -0.3 is 39.0 Å². The number of aromatic nitrogens is 2. The number of hydrazine groups is 1. The molecule has 69 heavy (non-hydrogen) atoms. The summed E-state index contributed by atoms with van der Waals surface area (Å²) in [6.07, 6.45) is 3.34. The number of benzene rings is 2. The van der Waals surface area contributed by atoms with Crippen molar-refractivity contribution in [3.63, 3.8) is 0 Å². The van der Waals surface area contributed by atoms with Crippen molar-refractivity contribution < 1.29 is 43.3 Å². The summed E-state index contributed by atoms with van der Waals surface area (Å²) in [4.78, 5) is 77.8. The van der Waals surface area contributed by atoms with Gasteiger partial charge in [-0.25, -0.2) is 5.43 Å². The number of likely N-dealkylation sites (tertiary alicyclic amines) is 1. The molecule has 5 heterocycles. The van der Waals surface area contributed by atoms with Gasteiger partial charge in [0.1, 0.15) is 30.5 Å². The van der Waals surface area contributed by atoms with Gasteiger partial charge in [0.05, 0.1) is 30.0 Å². The summed E-state index contributed by atoms with van der Waals surface area (Å²) in [5.74, 6) is 2.07. The van der Waals surface area contributed by atoms with Crippen molar-refractivity contribution in [2.45, 2.75) is 104 Å². The standard InChI is InChI=1S/C53H67N7O9/c1-10-59-44-18-17-35-28-40(44)41(48(59)39-14-11-20-54-46(39)33(4)68-9)29-53(5,6)31-69-52(66)42-15-12-21-60(56-42)51(65)43(26-34-24-37(35)27-38(61)25-34)55-49(63)47(32(2)3)57(7)50(64)36-19-22-58(30-36)45(62)16-13-23-67-8/h11,14,17-18,20,24-25,27-28,32-33,36,42-43,47,56,61H,10,12,15,19,21-23,26,29-31H2,1-9H3,(H,55,63)/t33-,36-,42-,43-,47-/m0/s1. The number of nitrogens with zero attached hydrogens (tertiary/aromatic N) is 5. The van der Waals surface area contributed by atoms with Crippen molar-refractivity contribution in [1.82, 2.24) is 35.1 Å². The fourth-order valence-corrected chi connectivity index (χ4v) is 10.1. The highest BCUT2D eigenvalue weighted by molar-refractivity contribution is 5.97. The molecule has 0 unspecified atom stereocenters. The lowest BCUT2D eigenvalue weighted by Gasteiger charge is -2.37. The molecule has 2 aromatic carbocycles. The van der Waals surface area contributed by atoms with Crippen LogP contribution in [0.5, 0.6) is 5.75 Å². The number of hydrogen-bond acceptors (Lipinski definition) is 11. The number of amides is 4. The second-order valence-corrected chi connectivity index (χ2v) is 19.6. The number of carbonyl (C=O) groups excluding carboxylic acids is 5. The summed E-state index contributed by atoms with van der Waals surface area (Å²) >= 11 is 0. The molecular weight excluding hydrogens is 879 g/mol. The molecule has 3 aliphatic rings. The van der Waals surface area contributed by atoms with Crippen LogP contribution in [0.3, 0.4) is 0 Å². The molecule has 0 saturated carbocycles. The first-order valence-corrected chi connectivity index (χ1v) is 24.0. The molecule has 2 aromatic heterocycles. The van der Waals surface area contributed by atoms with Crippen molar-refractivity contribution in [2.24, 2.45) is 17.3 Å². The quantitative estimate of drug-likeness (QED) is 0.136. The molecule has 2 saturated heterocycles. The van der Waals surface area contributed by atoms with Gasteiger partial charge in [-0.2, -0.15) is 0 Å². The number of phenols is 1. The second kappa shape index (κ2) is 21.6. The minimum atomic E-state index is -1.18. The van der Waals surface area contributed by atoms with Crippen LogP contribution in [0.1, 0.15) is 83.7 Å². The third-order valence-electron chi connectivity index (χ3n) is 13.6.